The topological polar surface area (TPSA) is 111 Å². The molecule has 45 heavy (non-hydrogen) atoms. The van der Waals surface area contributed by atoms with Crippen LogP contribution in [0.2, 0.25) is 0 Å². The highest BCUT2D eigenvalue weighted by molar-refractivity contribution is 6.00. The number of ether oxygens (including phenoxy) is 3. The van der Waals surface area contributed by atoms with Gasteiger partial charge in [0, 0.05) is 50.1 Å². The summed E-state index contributed by atoms with van der Waals surface area (Å²) in [5.74, 6) is -1.03. The molecule has 3 amide bonds. The molecule has 1 heterocycles. The second-order valence-corrected chi connectivity index (χ2v) is 10.0. The maximum Gasteiger partial charge on any atom is 0.323 e. The van der Waals surface area contributed by atoms with Crippen LogP contribution < -0.4 is 20.7 Å². The third kappa shape index (κ3) is 11.1. The average molecular weight is 623 g/mol. The summed E-state index contributed by atoms with van der Waals surface area (Å²) in [5, 5.41) is 7.66. The van der Waals surface area contributed by atoms with E-state index in [4.69, 9.17) is 14.2 Å². The van der Waals surface area contributed by atoms with Gasteiger partial charge in [0.25, 0.3) is 0 Å². The standard InChI is InChI=1S/C34H40F2N4O5/c1-6-9-24(33(41)38-17-15-32(43-7-2)44-8-3)19-23(5)30-21-26(14-16-37-30)45-25-11-13-29(28(36)20-25)39-34(42)40-31-18-22(4)10-12-27(31)35/h10-14,16,18-21,32H,5-9,15,17H2,1-4H3,(H,38,41)(H2,39,40,42). The molecule has 0 saturated heterocycles. The minimum Gasteiger partial charge on any atom is -0.457 e. The first-order valence-electron chi connectivity index (χ1n) is 14.8. The number of pyridine rings is 1. The number of benzene rings is 2. The fraction of sp³-hybridized carbons (Fsp3) is 0.324. The Labute approximate surface area is 262 Å². The molecule has 0 spiro atoms. The molecule has 0 aliphatic heterocycles. The van der Waals surface area contributed by atoms with Crippen molar-refractivity contribution in [3.63, 3.8) is 0 Å². The van der Waals surface area contributed by atoms with Crippen LogP contribution in [0, 0.1) is 18.6 Å². The second-order valence-electron chi connectivity index (χ2n) is 10.0. The average Bonchev–Trinajstić information content (AvgIpc) is 3.00. The van der Waals surface area contributed by atoms with Crippen LogP contribution in [0.15, 0.2) is 73.0 Å². The number of amides is 3. The van der Waals surface area contributed by atoms with Gasteiger partial charge < -0.3 is 30.2 Å². The monoisotopic (exact) mass is 622 g/mol. The molecule has 240 valence electrons. The predicted molar refractivity (Wildman–Crippen MR) is 171 cm³/mol. The van der Waals surface area contributed by atoms with Crippen molar-refractivity contribution in [2.24, 2.45) is 0 Å². The number of aromatic nitrogens is 1. The van der Waals surface area contributed by atoms with Gasteiger partial charge in [-0.15, -0.1) is 0 Å². The van der Waals surface area contributed by atoms with E-state index in [1.807, 2.05) is 20.8 Å². The van der Waals surface area contributed by atoms with E-state index in [1.54, 1.807) is 31.2 Å². The van der Waals surface area contributed by atoms with Crippen molar-refractivity contribution < 1.29 is 32.6 Å². The van der Waals surface area contributed by atoms with E-state index in [1.165, 1.54) is 30.5 Å². The summed E-state index contributed by atoms with van der Waals surface area (Å²) in [6.07, 6.45) is 4.65. The second kappa shape index (κ2) is 17.6. The Kier molecular flexibility index (Phi) is 13.7. The maximum atomic E-state index is 14.8. The van der Waals surface area contributed by atoms with Gasteiger partial charge in [0.15, 0.2) is 6.29 Å². The number of nitrogens with one attached hydrogen (secondary N) is 3. The third-order valence-corrected chi connectivity index (χ3v) is 6.39. The Bertz CT molecular complexity index is 1510. The summed E-state index contributed by atoms with van der Waals surface area (Å²) >= 11 is 0. The molecule has 0 radical (unpaired) electrons. The van der Waals surface area contributed by atoms with Gasteiger partial charge >= 0.3 is 6.03 Å². The van der Waals surface area contributed by atoms with Crippen molar-refractivity contribution in [2.75, 3.05) is 30.4 Å². The molecular weight excluding hydrogens is 582 g/mol. The summed E-state index contributed by atoms with van der Waals surface area (Å²) in [6, 6.07) is 10.6. The molecular formula is C34H40F2N4O5. The number of nitrogens with zero attached hydrogens (tertiary/aromatic N) is 1. The normalized spacial score (nSPS) is 11.3. The van der Waals surface area contributed by atoms with E-state index >= 15 is 0 Å². The van der Waals surface area contributed by atoms with Crippen LogP contribution in [0.4, 0.5) is 25.0 Å². The molecule has 11 heteroatoms. The van der Waals surface area contributed by atoms with Crippen molar-refractivity contribution in [3.05, 3.63) is 95.8 Å². The highest BCUT2D eigenvalue weighted by Gasteiger charge is 2.14. The Morgan fingerprint density at radius 2 is 1.64 bits per heavy atom. The number of aryl methyl sites for hydroxylation is 1. The van der Waals surface area contributed by atoms with Crippen LogP contribution in [0.3, 0.4) is 0 Å². The van der Waals surface area contributed by atoms with Gasteiger partial charge in [0.05, 0.1) is 17.1 Å². The SMILES string of the molecule is C=C(C=C(CCC)C(=O)NCCC(OCC)OCC)c1cc(Oc2ccc(NC(=O)Nc3cc(C)ccc3F)c(F)c2)ccn1. The third-order valence-electron chi connectivity index (χ3n) is 6.39. The molecule has 3 rings (SSSR count). The first-order valence-corrected chi connectivity index (χ1v) is 14.8. The lowest BCUT2D eigenvalue weighted by atomic mass is 10.0. The van der Waals surface area contributed by atoms with Crippen molar-refractivity contribution in [1.82, 2.24) is 10.3 Å². The Morgan fingerprint density at radius 3 is 2.33 bits per heavy atom. The summed E-state index contributed by atoms with van der Waals surface area (Å²) in [7, 11) is 0. The van der Waals surface area contributed by atoms with Gasteiger partial charge in [0.1, 0.15) is 23.1 Å². The molecule has 0 fully saturated rings. The van der Waals surface area contributed by atoms with E-state index in [9.17, 15) is 18.4 Å². The van der Waals surface area contributed by atoms with E-state index in [0.717, 1.165) is 18.1 Å². The van der Waals surface area contributed by atoms with Crippen LogP contribution in [-0.4, -0.2) is 43.0 Å². The number of carbonyl (C=O) groups excluding carboxylic acids is 2. The Morgan fingerprint density at radius 1 is 0.933 bits per heavy atom. The lowest BCUT2D eigenvalue weighted by Gasteiger charge is -2.17. The fourth-order valence-electron chi connectivity index (χ4n) is 4.27. The van der Waals surface area contributed by atoms with Crippen LogP contribution in [-0.2, 0) is 14.3 Å². The molecule has 0 bridgehead atoms. The highest BCUT2D eigenvalue weighted by atomic mass is 19.1. The Hall–Kier alpha value is -4.61. The molecule has 0 aliphatic rings. The van der Waals surface area contributed by atoms with E-state index in [0.29, 0.717) is 55.2 Å². The fourth-order valence-corrected chi connectivity index (χ4v) is 4.27. The minimum absolute atomic E-state index is 0.0200. The molecule has 3 N–H and O–H groups in total. The van der Waals surface area contributed by atoms with Gasteiger partial charge in [-0.2, -0.15) is 0 Å². The molecule has 2 aromatic carbocycles. The van der Waals surface area contributed by atoms with Crippen molar-refractivity contribution in [2.45, 2.75) is 53.2 Å². The first-order chi connectivity index (χ1) is 21.6. The minimum atomic E-state index is -0.797. The largest absolute Gasteiger partial charge is 0.457 e. The zero-order valence-corrected chi connectivity index (χ0v) is 26.0. The molecule has 9 nitrogen and oxygen atoms in total. The summed E-state index contributed by atoms with van der Waals surface area (Å²) in [4.78, 5) is 29.6. The van der Waals surface area contributed by atoms with Gasteiger partial charge in [-0.1, -0.05) is 26.0 Å². The molecule has 0 aliphatic carbocycles. The van der Waals surface area contributed by atoms with Gasteiger partial charge in [-0.05, 0) is 74.7 Å². The number of allylic oxidation sites excluding steroid dienone is 2. The summed E-state index contributed by atoms with van der Waals surface area (Å²) in [5.41, 5.74) is 2.15. The lowest BCUT2D eigenvalue weighted by Crippen LogP contribution is -2.30. The van der Waals surface area contributed by atoms with Gasteiger partial charge in [-0.25, -0.2) is 13.6 Å². The van der Waals surface area contributed by atoms with Crippen LogP contribution >= 0.6 is 0 Å². The maximum absolute atomic E-state index is 14.8. The number of urea groups is 1. The Balaban J connectivity index is 1.63. The number of rotatable bonds is 16. The number of carbonyl (C=O) groups is 2. The zero-order valence-electron chi connectivity index (χ0n) is 26.0. The van der Waals surface area contributed by atoms with Crippen LogP contribution in [0.5, 0.6) is 11.5 Å². The van der Waals surface area contributed by atoms with Crippen LogP contribution in [0.1, 0.15) is 51.3 Å². The number of hydrogen-bond acceptors (Lipinski definition) is 6. The van der Waals surface area contributed by atoms with Crippen molar-refractivity contribution >= 4 is 28.9 Å². The predicted octanol–water partition coefficient (Wildman–Crippen LogP) is 7.75. The van der Waals surface area contributed by atoms with Gasteiger partial charge in [0.2, 0.25) is 5.91 Å². The van der Waals surface area contributed by atoms with Crippen LogP contribution in [0.25, 0.3) is 5.57 Å². The van der Waals surface area contributed by atoms with E-state index in [-0.39, 0.29) is 29.3 Å². The molecule has 3 aromatic rings. The number of anilines is 2. The molecule has 1 aromatic heterocycles. The molecule has 0 atom stereocenters. The van der Waals surface area contributed by atoms with E-state index < -0.39 is 17.7 Å². The highest BCUT2D eigenvalue weighted by Crippen LogP contribution is 2.28. The lowest BCUT2D eigenvalue weighted by molar-refractivity contribution is -0.139. The molecule has 0 unspecified atom stereocenters. The van der Waals surface area contributed by atoms with E-state index in [2.05, 4.69) is 27.5 Å². The first kappa shape index (κ1) is 34.9. The summed E-state index contributed by atoms with van der Waals surface area (Å²) < 4.78 is 45.7. The number of halogens is 2. The molecule has 0 saturated carbocycles. The number of hydrogen-bond donors (Lipinski definition) is 3. The van der Waals surface area contributed by atoms with Gasteiger partial charge in [-0.3, -0.25) is 9.78 Å². The quantitative estimate of drug-likeness (QED) is 0.0856. The smallest absolute Gasteiger partial charge is 0.323 e. The summed E-state index contributed by atoms with van der Waals surface area (Å²) in [6.45, 7) is 13.0. The van der Waals surface area contributed by atoms with Crippen molar-refractivity contribution in [3.8, 4) is 11.5 Å². The zero-order chi connectivity index (χ0) is 32.8. The van der Waals surface area contributed by atoms with Crippen molar-refractivity contribution in [1.29, 1.82) is 0 Å².